The molecule has 0 saturated heterocycles. The summed E-state index contributed by atoms with van der Waals surface area (Å²) in [5.41, 5.74) is 2.83. The van der Waals surface area contributed by atoms with Gasteiger partial charge in [0.2, 0.25) is 11.2 Å². The Morgan fingerprint density at radius 1 is 0.956 bits per heavy atom. The predicted octanol–water partition coefficient (Wildman–Crippen LogP) is 4.83. The maximum absolute atomic E-state index is 13.5. The maximum Gasteiger partial charge on any atom is 0.337 e. The molecular weight excluding hydrogens is 578 g/mol. The average Bonchev–Trinajstić information content (AvgIpc) is 3.53. The van der Waals surface area contributed by atoms with Gasteiger partial charge in [0.15, 0.2) is 5.76 Å². The van der Waals surface area contributed by atoms with E-state index in [1.165, 1.54) is 7.11 Å². The number of methoxy groups -OCH3 is 1. The lowest BCUT2D eigenvalue weighted by Gasteiger charge is -2.13. The molecule has 0 aliphatic heterocycles. The van der Waals surface area contributed by atoms with Crippen LogP contribution in [0.3, 0.4) is 0 Å². The van der Waals surface area contributed by atoms with Gasteiger partial charge in [-0.15, -0.1) is 5.10 Å². The number of aliphatic hydroxyl groups excluding tert-OH is 1. The highest BCUT2D eigenvalue weighted by atomic mass is 16.5. The van der Waals surface area contributed by atoms with Crippen LogP contribution in [-0.4, -0.2) is 59.6 Å². The number of fused-ring (bicyclic) bond motifs is 1. The van der Waals surface area contributed by atoms with Crippen LogP contribution in [0.5, 0.6) is 11.5 Å². The van der Waals surface area contributed by atoms with Crippen LogP contribution in [0.25, 0.3) is 22.3 Å². The highest BCUT2D eigenvalue weighted by Gasteiger charge is 2.18. The second-order valence-corrected chi connectivity index (χ2v) is 10.2. The highest BCUT2D eigenvalue weighted by Crippen LogP contribution is 2.32. The normalized spacial score (nSPS) is 11.1. The number of ether oxygens (including phenoxy) is 4. The minimum absolute atomic E-state index is 0.00484. The van der Waals surface area contributed by atoms with Crippen molar-refractivity contribution in [3.05, 3.63) is 106 Å². The Labute approximate surface area is 259 Å². The largest absolute Gasteiger partial charge is 0.494 e. The third kappa shape index (κ3) is 8.34. The van der Waals surface area contributed by atoms with E-state index in [1.54, 1.807) is 41.1 Å². The molecule has 0 unspecified atom stereocenters. The summed E-state index contributed by atoms with van der Waals surface area (Å²) in [4.78, 5) is 25.5. The summed E-state index contributed by atoms with van der Waals surface area (Å²) in [6.07, 6.45) is 4.42. The molecule has 0 aliphatic carbocycles. The fraction of sp³-hybridized carbons (Fsp3) is 0.294. The average molecular weight is 614 g/mol. The Hall–Kier alpha value is -5.00. The number of hydrogen-bond acceptors (Lipinski definition) is 10. The van der Waals surface area contributed by atoms with Crippen molar-refractivity contribution in [2.24, 2.45) is 0 Å². The van der Waals surface area contributed by atoms with Crippen LogP contribution in [0.1, 0.15) is 34.5 Å². The molecule has 0 atom stereocenters. The van der Waals surface area contributed by atoms with Crippen LogP contribution in [0, 0.1) is 0 Å². The van der Waals surface area contributed by atoms with Gasteiger partial charge in [-0.3, -0.25) is 4.79 Å². The number of aliphatic hydroxyl groups is 1. The van der Waals surface area contributed by atoms with Crippen LogP contribution in [0.15, 0.2) is 88.2 Å². The number of carbonyl (C=O) groups excluding carboxylic acids is 1. The Balaban J connectivity index is 1.21. The third-order valence-corrected chi connectivity index (χ3v) is 6.99. The molecule has 1 N–H and O–H groups in total. The first-order valence-electron chi connectivity index (χ1n) is 14.7. The summed E-state index contributed by atoms with van der Waals surface area (Å²) in [6.45, 7) is 1.97. The third-order valence-electron chi connectivity index (χ3n) is 6.99. The van der Waals surface area contributed by atoms with Crippen molar-refractivity contribution in [3.63, 3.8) is 0 Å². The molecule has 0 radical (unpaired) electrons. The van der Waals surface area contributed by atoms with E-state index in [-0.39, 0.29) is 24.4 Å². The van der Waals surface area contributed by atoms with E-state index >= 15 is 0 Å². The van der Waals surface area contributed by atoms with Gasteiger partial charge in [0.25, 0.3) is 0 Å². The fourth-order valence-corrected chi connectivity index (χ4v) is 4.70. The summed E-state index contributed by atoms with van der Waals surface area (Å²) >= 11 is 0. The standard InChI is InChI=1S/C34H35N3O8/c1-41-34(40)26-8-6-7-24(21-26)23-44-33-31(39)29-10-2-3-11-30(29)45-32(33)25-12-14-28(15-13-25)43-18-5-4-9-27-22-37(36-35-27)16-19-42-20-17-38/h2-3,6-8,10-15,21-22,38H,4-5,9,16-20,23H2,1H3. The zero-order chi connectivity index (χ0) is 31.4. The zero-order valence-corrected chi connectivity index (χ0v) is 25.0. The Kier molecular flexibility index (Phi) is 10.9. The van der Waals surface area contributed by atoms with Crippen molar-refractivity contribution < 1.29 is 33.3 Å². The summed E-state index contributed by atoms with van der Waals surface area (Å²) < 4.78 is 30.0. The topological polar surface area (TPSA) is 135 Å². The molecular formula is C34H35N3O8. The van der Waals surface area contributed by atoms with Crippen molar-refractivity contribution in [2.45, 2.75) is 32.4 Å². The summed E-state index contributed by atoms with van der Waals surface area (Å²) in [6, 6.07) is 21.2. The molecule has 2 aromatic heterocycles. The molecule has 234 valence electrons. The Morgan fingerprint density at radius 3 is 2.62 bits per heavy atom. The Bertz CT molecular complexity index is 1760. The number of aryl methyl sites for hydroxylation is 1. The molecule has 45 heavy (non-hydrogen) atoms. The molecule has 2 heterocycles. The SMILES string of the molecule is COC(=O)c1cccc(COc2c(-c3ccc(OCCCCc4cn(CCOCCO)nn4)cc3)oc3ccccc3c2=O)c1. The number of hydrogen-bond donors (Lipinski definition) is 1. The van der Waals surface area contributed by atoms with E-state index in [4.69, 9.17) is 28.5 Å². The lowest BCUT2D eigenvalue weighted by molar-refractivity contribution is 0.0600. The van der Waals surface area contributed by atoms with E-state index < -0.39 is 5.97 Å². The van der Waals surface area contributed by atoms with Gasteiger partial charge >= 0.3 is 5.97 Å². The van der Waals surface area contributed by atoms with Crippen molar-refractivity contribution >= 4 is 16.9 Å². The second-order valence-electron chi connectivity index (χ2n) is 10.2. The molecule has 11 heteroatoms. The zero-order valence-electron chi connectivity index (χ0n) is 25.0. The predicted molar refractivity (Wildman–Crippen MR) is 166 cm³/mol. The van der Waals surface area contributed by atoms with Crippen molar-refractivity contribution in [1.82, 2.24) is 15.0 Å². The molecule has 11 nitrogen and oxygen atoms in total. The molecule has 5 aromatic rings. The first kappa shape index (κ1) is 31.4. The van der Waals surface area contributed by atoms with Crippen molar-refractivity contribution in [1.29, 1.82) is 0 Å². The monoisotopic (exact) mass is 613 g/mol. The Morgan fingerprint density at radius 2 is 1.80 bits per heavy atom. The summed E-state index contributed by atoms with van der Waals surface area (Å²) in [7, 11) is 1.33. The minimum atomic E-state index is -0.452. The quantitative estimate of drug-likeness (QED) is 0.122. The van der Waals surface area contributed by atoms with Crippen LogP contribution in [0.4, 0.5) is 0 Å². The van der Waals surface area contributed by atoms with Crippen LogP contribution in [-0.2, 0) is 29.0 Å². The smallest absolute Gasteiger partial charge is 0.337 e. The first-order chi connectivity index (χ1) is 22.1. The van der Waals surface area contributed by atoms with E-state index in [0.29, 0.717) is 65.5 Å². The molecule has 0 amide bonds. The fourth-order valence-electron chi connectivity index (χ4n) is 4.70. The molecule has 3 aromatic carbocycles. The van der Waals surface area contributed by atoms with E-state index in [0.717, 1.165) is 25.0 Å². The van der Waals surface area contributed by atoms with E-state index in [2.05, 4.69) is 10.3 Å². The van der Waals surface area contributed by atoms with Gasteiger partial charge in [-0.2, -0.15) is 0 Å². The van der Waals surface area contributed by atoms with Gasteiger partial charge in [0, 0.05) is 11.8 Å². The molecule has 0 bridgehead atoms. The van der Waals surface area contributed by atoms with Gasteiger partial charge in [0.1, 0.15) is 17.9 Å². The van der Waals surface area contributed by atoms with Gasteiger partial charge in [-0.1, -0.05) is 29.5 Å². The van der Waals surface area contributed by atoms with Gasteiger partial charge in [-0.25, -0.2) is 9.48 Å². The molecule has 0 aliphatic rings. The number of benzene rings is 3. The van der Waals surface area contributed by atoms with Crippen LogP contribution in [0.2, 0.25) is 0 Å². The number of nitrogens with zero attached hydrogens (tertiary/aromatic N) is 3. The lowest BCUT2D eigenvalue weighted by Crippen LogP contribution is -2.11. The van der Waals surface area contributed by atoms with Gasteiger partial charge in [-0.05, 0) is 73.4 Å². The number of esters is 1. The van der Waals surface area contributed by atoms with E-state index in [9.17, 15) is 9.59 Å². The molecule has 0 spiro atoms. The number of unbranched alkanes of at least 4 members (excludes halogenated alkanes) is 1. The summed E-state index contributed by atoms with van der Waals surface area (Å²) in [5, 5.41) is 17.5. The van der Waals surface area contributed by atoms with Crippen LogP contribution < -0.4 is 14.9 Å². The van der Waals surface area contributed by atoms with Crippen molar-refractivity contribution in [3.8, 4) is 22.8 Å². The first-order valence-corrected chi connectivity index (χ1v) is 14.7. The van der Waals surface area contributed by atoms with Gasteiger partial charge < -0.3 is 28.5 Å². The lowest BCUT2D eigenvalue weighted by atomic mass is 10.1. The number of rotatable bonds is 16. The number of para-hydroxylation sites is 1. The molecule has 0 saturated carbocycles. The highest BCUT2D eigenvalue weighted by molar-refractivity contribution is 5.89. The number of aromatic nitrogens is 3. The van der Waals surface area contributed by atoms with Crippen molar-refractivity contribution in [2.75, 3.05) is 33.5 Å². The van der Waals surface area contributed by atoms with E-state index in [1.807, 2.05) is 42.6 Å². The van der Waals surface area contributed by atoms with Crippen LogP contribution >= 0.6 is 0 Å². The minimum Gasteiger partial charge on any atom is -0.494 e. The number of carbonyl (C=O) groups is 1. The summed E-state index contributed by atoms with van der Waals surface area (Å²) in [5.74, 6) is 0.632. The molecule has 5 rings (SSSR count). The van der Waals surface area contributed by atoms with Gasteiger partial charge in [0.05, 0.1) is 56.7 Å². The molecule has 0 fully saturated rings. The second kappa shape index (κ2) is 15.6. The maximum atomic E-state index is 13.5.